The molecule has 2 N–H and O–H groups in total. The lowest BCUT2D eigenvalue weighted by Gasteiger charge is -2.49. The van der Waals surface area contributed by atoms with Crippen LogP contribution in [0.25, 0.3) is 0 Å². The van der Waals surface area contributed by atoms with Gasteiger partial charge in [-0.15, -0.1) is 0 Å². The SMILES string of the molecule is O=C(Cc1ccccc1)N[C@H]1C(=O)N2C(C(=O)OCc3ccccc3)=C(OS(=O)(=O)C(F)(F)F)NC[C@@H]12. The maximum atomic E-state index is 12.9. The fraction of sp³-hybridized carbons (Fsp3) is 0.261. The number of nitrogens with zero attached hydrogens (tertiary/aromatic N) is 1. The summed E-state index contributed by atoms with van der Waals surface area (Å²) in [5.41, 5.74) is -5.42. The van der Waals surface area contributed by atoms with E-state index >= 15 is 0 Å². The molecule has 4 rings (SSSR count). The first-order chi connectivity index (χ1) is 17.5. The van der Waals surface area contributed by atoms with E-state index in [1.54, 1.807) is 60.7 Å². The van der Waals surface area contributed by atoms with Crippen LogP contribution in [-0.2, 0) is 46.4 Å². The number of carbonyl (C=O) groups excluding carboxylic acids is 3. The number of ether oxygens (including phenoxy) is 1. The molecule has 10 nitrogen and oxygen atoms in total. The number of rotatable bonds is 8. The van der Waals surface area contributed by atoms with Gasteiger partial charge in [0, 0.05) is 6.54 Å². The van der Waals surface area contributed by atoms with Crippen molar-refractivity contribution < 1.29 is 44.9 Å². The second-order valence-electron chi connectivity index (χ2n) is 8.09. The van der Waals surface area contributed by atoms with Crippen LogP contribution in [0, 0.1) is 0 Å². The Hall–Kier alpha value is -4.07. The number of hydrogen-bond donors (Lipinski definition) is 2. The molecule has 2 atom stereocenters. The molecular weight excluding hydrogens is 519 g/mol. The highest BCUT2D eigenvalue weighted by Crippen LogP contribution is 2.34. The standard InChI is InChI=1S/C23H20F3N3O7S/c24-23(25,26)37(33,34)36-20-19(22(32)35-13-15-9-5-2-6-10-15)29-16(12-27-20)18(21(29)31)28-17(30)11-14-7-3-1-4-8-14/h1-10,16,18,27H,11-13H2,(H,28,30)/t16-,18+/m0/s1. The molecule has 2 aromatic carbocycles. The van der Waals surface area contributed by atoms with E-state index in [-0.39, 0.29) is 19.6 Å². The molecule has 0 saturated carbocycles. The normalized spacial score (nSPS) is 19.3. The molecule has 1 saturated heterocycles. The zero-order valence-corrected chi connectivity index (χ0v) is 19.7. The van der Waals surface area contributed by atoms with Crippen molar-refractivity contribution in [1.82, 2.24) is 15.5 Å². The Balaban J connectivity index is 1.55. The molecule has 2 heterocycles. The third kappa shape index (κ3) is 5.53. The highest BCUT2D eigenvalue weighted by atomic mass is 32.2. The van der Waals surface area contributed by atoms with Gasteiger partial charge < -0.3 is 19.6 Å². The van der Waals surface area contributed by atoms with Gasteiger partial charge in [0.05, 0.1) is 12.5 Å². The van der Waals surface area contributed by atoms with E-state index in [1.165, 1.54) is 0 Å². The number of fused-ring (bicyclic) bond motifs is 1. The van der Waals surface area contributed by atoms with Gasteiger partial charge in [-0.1, -0.05) is 60.7 Å². The number of esters is 1. The van der Waals surface area contributed by atoms with Crippen molar-refractivity contribution in [2.75, 3.05) is 6.54 Å². The van der Waals surface area contributed by atoms with Crippen LogP contribution in [0.2, 0.25) is 0 Å². The summed E-state index contributed by atoms with van der Waals surface area (Å²) in [6, 6.07) is 14.9. The molecule has 14 heteroatoms. The lowest BCUT2D eigenvalue weighted by atomic mass is 9.91. The number of alkyl halides is 3. The monoisotopic (exact) mass is 539 g/mol. The maximum Gasteiger partial charge on any atom is 0.534 e. The third-order valence-electron chi connectivity index (χ3n) is 5.55. The molecule has 0 aromatic heterocycles. The van der Waals surface area contributed by atoms with Gasteiger partial charge >= 0.3 is 21.6 Å². The molecule has 0 spiro atoms. The molecule has 2 aliphatic rings. The molecule has 0 radical (unpaired) electrons. The van der Waals surface area contributed by atoms with Gasteiger partial charge in [0.2, 0.25) is 11.8 Å². The smallest absolute Gasteiger partial charge is 0.456 e. The Morgan fingerprint density at radius 3 is 2.22 bits per heavy atom. The number of benzene rings is 2. The molecule has 1 fully saturated rings. The van der Waals surface area contributed by atoms with Crippen molar-refractivity contribution in [2.24, 2.45) is 0 Å². The Kier molecular flexibility index (Phi) is 7.12. The Morgan fingerprint density at radius 2 is 1.62 bits per heavy atom. The second kappa shape index (κ2) is 10.1. The summed E-state index contributed by atoms with van der Waals surface area (Å²) in [7, 11) is -6.17. The lowest BCUT2D eigenvalue weighted by molar-refractivity contribution is -0.158. The van der Waals surface area contributed by atoms with Crippen molar-refractivity contribution in [3.05, 3.63) is 83.4 Å². The van der Waals surface area contributed by atoms with Gasteiger partial charge in [0.15, 0.2) is 5.70 Å². The minimum absolute atomic E-state index is 0.0369. The molecule has 0 bridgehead atoms. The number of β-lactam (4-membered cyclic amide) rings is 1. The van der Waals surface area contributed by atoms with Crippen LogP contribution in [0.1, 0.15) is 11.1 Å². The Labute approximate surface area is 209 Å². The minimum atomic E-state index is -6.17. The quantitative estimate of drug-likeness (QED) is 0.222. The zero-order chi connectivity index (χ0) is 26.8. The van der Waals surface area contributed by atoms with E-state index in [1.807, 2.05) is 0 Å². The third-order valence-corrected chi connectivity index (χ3v) is 6.51. The van der Waals surface area contributed by atoms with E-state index in [0.29, 0.717) is 11.1 Å². The van der Waals surface area contributed by atoms with Crippen LogP contribution in [0.5, 0.6) is 0 Å². The molecule has 2 aliphatic heterocycles. The van der Waals surface area contributed by atoms with Crippen molar-refractivity contribution >= 4 is 27.9 Å². The summed E-state index contributed by atoms with van der Waals surface area (Å²) in [6.07, 6.45) is -0.0369. The summed E-state index contributed by atoms with van der Waals surface area (Å²) < 4.78 is 71.3. The van der Waals surface area contributed by atoms with Gasteiger partial charge in [-0.2, -0.15) is 21.6 Å². The number of halogens is 3. The van der Waals surface area contributed by atoms with E-state index in [9.17, 15) is 36.0 Å². The van der Waals surface area contributed by atoms with Gasteiger partial charge in [-0.05, 0) is 11.1 Å². The fourth-order valence-electron chi connectivity index (χ4n) is 3.79. The predicted octanol–water partition coefficient (Wildman–Crippen LogP) is 1.31. The van der Waals surface area contributed by atoms with Crippen molar-refractivity contribution in [3.63, 3.8) is 0 Å². The van der Waals surface area contributed by atoms with Crippen LogP contribution >= 0.6 is 0 Å². The fourth-order valence-corrected chi connectivity index (χ4v) is 4.24. The minimum Gasteiger partial charge on any atom is -0.456 e. The summed E-state index contributed by atoms with van der Waals surface area (Å²) >= 11 is 0. The molecule has 2 amide bonds. The predicted molar refractivity (Wildman–Crippen MR) is 120 cm³/mol. The molecule has 196 valence electrons. The average Bonchev–Trinajstić information content (AvgIpc) is 2.86. The highest BCUT2D eigenvalue weighted by molar-refractivity contribution is 7.87. The van der Waals surface area contributed by atoms with Crippen LogP contribution in [0.3, 0.4) is 0 Å². The molecule has 37 heavy (non-hydrogen) atoms. The lowest BCUT2D eigenvalue weighted by Crippen LogP contribution is -2.75. The van der Waals surface area contributed by atoms with Crippen molar-refractivity contribution in [1.29, 1.82) is 0 Å². The van der Waals surface area contributed by atoms with Gasteiger partial charge in [0.1, 0.15) is 12.6 Å². The zero-order valence-electron chi connectivity index (χ0n) is 18.9. The summed E-state index contributed by atoms with van der Waals surface area (Å²) in [5, 5.41) is 4.85. The molecular formula is C23H20F3N3O7S. The molecule has 0 aliphatic carbocycles. The van der Waals surface area contributed by atoms with E-state index in [4.69, 9.17) is 4.74 Å². The summed E-state index contributed by atoms with van der Waals surface area (Å²) in [4.78, 5) is 39.0. The summed E-state index contributed by atoms with van der Waals surface area (Å²) in [5.74, 6) is -3.74. The number of amides is 2. The van der Waals surface area contributed by atoms with Crippen LogP contribution in [0.15, 0.2) is 72.2 Å². The number of nitrogens with one attached hydrogen (secondary N) is 2. The van der Waals surface area contributed by atoms with Gasteiger partial charge in [0.25, 0.3) is 5.91 Å². The van der Waals surface area contributed by atoms with E-state index < -0.39 is 57.1 Å². The first-order valence-electron chi connectivity index (χ1n) is 10.8. The van der Waals surface area contributed by atoms with Gasteiger partial charge in [-0.3, -0.25) is 14.5 Å². The second-order valence-corrected chi connectivity index (χ2v) is 9.62. The Morgan fingerprint density at radius 1 is 1.03 bits per heavy atom. The highest BCUT2D eigenvalue weighted by Gasteiger charge is 2.56. The van der Waals surface area contributed by atoms with Crippen LogP contribution in [0.4, 0.5) is 13.2 Å². The topological polar surface area (TPSA) is 131 Å². The molecule has 0 unspecified atom stereocenters. The maximum absolute atomic E-state index is 12.9. The van der Waals surface area contributed by atoms with Crippen molar-refractivity contribution in [3.8, 4) is 0 Å². The largest absolute Gasteiger partial charge is 0.534 e. The van der Waals surface area contributed by atoms with Crippen LogP contribution in [-0.4, -0.2) is 55.2 Å². The summed E-state index contributed by atoms with van der Waals surface area (Å²) in [6.45, 7) is -0.618. The first-order valence-corrected chi connectivity index (χ1v) is 12.2. The molecule has 2 aromatic rings. The number of hydrogen-bond acceptors (Lipinski definition) is 8. The number of carbonyl (C=O) groups is 3. The van der Waals surface area contributed by atoms with Crippen LogP contribution < -0.4 is 10.6 Å². The Bertz CT molecular complexity index is 1330. The first kappa shape index (κ1) is 26.0. The van der Waals surface area contributed by atoms with E-state index in [0.717, 1.165) is 4.90 Å². The van der Waals surface area contributed by atoms with Gasteiger partial charge in [-0.25, -0.2) is 4.79 Å². The average molecular weight is 539 g/mol. The van der Waals surface area contributed by atoms with E-state index in [2.05, 4.69) is 14.8 Å². The van der Waals surface area contributed by atoms with Crippen molar-refractivity contribution in [2.45, 2.75) is 30.6 Å².